The second-order valence-corrected chi connectivity index (χ2v) is 4.70. The average molecular weight is 303 g/mol. The molecule has 22 heavy (non-hydrogen) atoms. The van der Waals surface area contributed by atoms with Crippen molar-refractivity contribution >= 4 is 22.8 Å². The van der Waals surface area contributed by atoms with Gasteiger partial charge >= 0.3 is 11.6 Å². The summed E-state index contributed by atoms with van der Waals surface area (Å²) in [5.74, 6) is -0.859. The summed E-state index contributed by atoms with van der Waals surface area (Å²) in [4.78, 5) is 37.0. The molecule has 0 saturated heterocycles. The van der Waals surface area contributed by atoms with E-state index in [2.05, 4.69) is 4.74 Å². The number of fused-ring (bicyclic) bond motifs is 1. The largest absolute Gasteiger partial charge is 0.469 e. The molecule has 0 radical (unpaired) electrons. The molecule has 1 aromatic heterocycles. The molecule has 116 valence electrons. The van der Waals surface area contributed by atoms with Crippen molar-refractivity contribution in [3.63, 3.8) is 0 Å². The smallest absolute Gasteiger partial charge is 0.349 e. The molecule has 0 aliphatic heterocycles. The summed E-state index contributed by atoms with van der Waals surface area (Å²) >= 11 is 0. The summed E-state index contributed by atoms with van der Waals surface area (Å²) in [6.07, 6.45) is 0.0784. The van der Waals surface area contributed by atoms with Gasteiger partial charge in [0, 0.05) is 18.5 Å². The van der Waals surface area contributed by atoms with Crippen LogP contribution in [0.4, 0.5) is 0 Å². The lowest BCUT2D eigenvalue weighted by atomic mass is 10.1. The molecule has 6 heteroatoms. The van der Waals surface area contributed by atoms with Gasteiger partial charge in [-0.2, -0.15) is 0 Å². The molecule has 1 aromatic carbocycles. The summed E-state index contributed by atoms with van der Waals surface area (Å²) in [6, 6.07) is 8.50. The van der Waals surface area contributed by atoms with Crippen molar-refractivity contribution in [3.8, 4) is 0 Å². The van der Waals surface area contributed by atoms with E-state index in [4.69, 9.17) is 4.42 Å². The number of hydrogen-bond donors (Lipinski definition) is 0. The third-order valence-corrected chi connectivity index (χ3v) is 3.35. The maximum atomic E-state index is 12.5. The number of rotatable bonds is 5. The van der Waals surface area contributed by atoms with Crippen LogP contribution in [0.15, 0.2) is 39.5 Å². The van der Waals surface area contributed by atoms with Gasteiger partial charge in [-0.3, -0.25) is 9.59 Å². The quantitative estimate of drug-likeness (QED) is 0.622. The van der Waals surface area contributed by atoms with Gasteiger partial charge in [-0.15, -0.1) is 0 Å². The molecule has 0 aliphatic rings. The van der Waals surface area contributed by atoms with Gasteiger partial charge in [0.1, 0.15) is 11.1 Å². The van der Waals surface area contributed by atoms with Crippen molar-refractivity contribution in [1.29, 1.82) is 0 Å². The minimum atomic E-state index is -0.680. The van der Waals surface area contributed by atoms with Crippen LogP contribution in [0.5, 0.6) is 0 Å². The van der Waals surface area contributed by atoms with Crippen LogP contribution in [0.1, 0.15) is 23.7 Å². The molecule has 1 heterocycles. The highest BCUT2D eigenvalue weighted by molar-refractivity contribution is 5.96. The van der Waals surface area contributed by atoms with Crippen LogP contribution in [0.2, 0.25) is 0 Å². The number of nitrogens with zero attached hydrogens (tertiary/aromatic N) is 1. The Hall–Kier alpha value is -2.63. The lowest BCUT2D eigenvalue weighted by Crippen LogP contribution is -2.35. The van der Waals surface area contributed by atoms with Crippen LogP contribution in [-0.4, -0.2) is 37.0 Å². The first-order valence-corrected chi connectivity index (χ1v) is 6.95. The Bertz CT molecular complexity index is 750. The Morgan fingerprint density at radius 3 is 2.68 bits per heavy atom. The number of para-hydroxylation sites is 1. The van der Waals surface area contributed by atoms with E-state index in [0.29, 0.717) is 17.5 Å². The fourth-order valence-corrected chi connectivity index (χ4v) is 2.11. The zero-order valence-electron chi connectivity index (χ0n) is 12.5. The predicted molar refractivity (Wildman–Crippen MR) is 80.7 cm³/mol. The summed E-state index contributed by atoms with van der Waals surface area (Å²) < 4.78 is 9.72. The number of benzene rings is 1. The third kappa shape index (κ3) is 3.33. The van der Waals surface area contributed by atoms with Gasteiger partial charge in [-0.1, -0.05) is 18.2 Å². The SMILES string of the molecule is CCN(CCC(=O)OC)C(=O)c1cc2ccccc2oc1=O. The number of carbonyl (C=O) groups is 2. The third-order valence-electron chi connectivity index (χ3n) is 3.35. The fraction of sp³-hybridized carbons (Fsp3) is 0.312. The Morgan fingerprint density at radius 2 is 2.00 bits per heavy atom. The number of esters is 1. The average Bonchev–Trinajstić information content (AvgIpc) is 2.54. The van der Waals surface area contributed by atoms with Crippen LogP contribution in [0.25, 0.3) is 11.0 Å². The van der Waals surface area contributed by atoms with E-state index in [1.54, 1.807) is 31.2 Å². The predicted octanol–water partition coefficient (Wildman–Crippen LogP) is 1.82. The monoisotopic (exact) mass is 303 g/mol. The standard InChI is InChI=1S/C16H17NO5/c1-3-17(9-8-14(18)21-2)15(19)12-10-11-6-4-5-7-13(11)22-16(12)20/h4-7,10H,3,8-9H2,1-2H3. The van der Waals surface area contributed by atoms with Crippen molar-refractivity contribution in [2.24, 2.45) is 0 Å². The van der Waals surface area contributed by atoms with Crippen LogP contribution in [0, 0.1) is 0 Å². The topological polar surface area (TPSA) is 76.8 Å². The molecule has 0 saturated carbocycles. The van der Waals surface area contributed by atoms with E-state index in [9.17, 15) is 14.4 Å². The molecule has 2 aromatic rings. The van der Waals surface area contributed by atoms with Gasteiger partial charge in [-0.05, 0) is 19.1 Å². The maximum absolute atomic E-state index is 12.5. The highest BCUT2D eigenvalue weighted by Crippen LogP contribution is 2.14. The molecular weight excluding hydrogens is 286 g/mol. The van der Waals surface area contributed by atoms with E-state index < -0.39 is 17.5 Å². The molecule has 0 fully saturated rings. The minimum Gasteiger partial charge on any atom is -0.469 e. The van der Waals surface area contributed by atoms with Crippen LogP contribution < -0.4 is 5.63 Å². The molecule has 1 amide bonds. The summed E-state index contributed by atoms with van der Waals surface area (Å²) in [5, 5.41) is 0.675. The van der Waals surface area contributed by atoms with Gasteiger partial charge in [0.25, 0.3) is 5.91 Å². The molecule has 0 atom stereocenters. The van der Waals surface area contributed by atoms with Crippen molar-refractivity contribution in [1.82, 2.24) is 4.90 Å². The van der Waals surface area contributed by atoms with Gasteiger partial charge < -0.3 is 14.1 Å². The van der Waals surface area contributed by atoms with Crippen LogP contribution in [-0.2, 0) is 9.53 Å². The Morgan fingerprint density at radius 1 is 1.27 bits per heavy atom. The number of methoxy groups -OCH3 is 1. The first-order valence-electron chi connectivity index (χ1n) is 6.95. The van der Waals surface area contributed by atoms with Crippen molar-refractivity contribution in [2.45, 2.75) is 13.3 Å². The number of carbonyl (C=O) groups excluding carboxylic acids is 2. The second kappa shape index (κ2) is 6.89. The fourth-order valence-electron chi connectivity index (χ4n) is 2.11. The Kier molecular flexibility index (Phi) is 4.93. The first-order chi connectivity index (χ1) is 10.6. The van der Waals surface area contributed by atoms with E-state index in [1.165, 1.54) is 18.1 Å². The highest BCUT2D eigenvalue weighted by Gasteiger charge is 2.20. The zero-order valence-corrected chi connectivity index (χ0v) is 12.5. The van der Waals surface area contributed by atoms with Crippen LogP contribution >= 0.6 is 0 Å². The van der Waals surface area contributed by atoms with Gasteiger partial charge in [0.05, 0.1) is 13.5 Å². The normalized spacial score (nSPS) is 10.5. The number of hydrogen-bond acceptors (Lipinski definition) is 5. The molecule has 6 nitrogen and oxygen atoms in total. The maximum Gasteiger partial charge on any atom is 0.349 e. The summed E-state index contributed by atoms with van der Waals surface area (Å²) in [7, 11) is 1.29. The number of amides is 1. The molecule has 0 spiro atoms. The van der Waals surface area contributed by atoms with E-state index in [-0.39, 0.29) is 18.5 Å². The van der Waals surface area contributed by atoms with E-state index in [0.717, 1.165) is 0 Å². The van der Waals surface area contributed by atoms with Gasteiger partial charge in [0.15, 0.2) is 0 Å². The van der Waals surface area contributed by atoms with Crippen molar-refractivity contribution in [2.75, 3.05) is 20.2 Å². The van der Waals surface area contributed by atoms with E-state index >= 15 is 0 Å². The minimum absolute atomic E-state index is 0.0367. The van der Waals surface area contributed by atoms with Gasteiger partial charge in [-0.25, -0.2) is 4.79 Å². The summed E-state index contributed by atoms with van der Waals surface area (Å²) in [6.45, 7) is 2.34. The Labute approximate surface area is 127 Å². The van der Waals surface area contributed by atoms with Crippen molar-refractivity contribution < 1.29 is 18.7 Å². The molecule has 0 bridgehead atoms. The number of ether oxygens (including phenoxy) is 1. The zero-order chi connectivity index (χ0) is 16.1. The molecular formula is C16H17NO5. The Balaban J connectivity index is 2.28. The van der Waals surface area contributed by atoms with Gasteiger partial charge in [0.2, 0.25) is 0 Å². The molecule has 2 rings (SSSR count). The molecule has 0 unspecified atom stereocenters. The first kappa shape index (κ1) is 15.8. The lowest BCUT2D eigenvalue weighted by molar-refractivity contribution is -0.140. The van der Waals surface area contributed by atoms with Crippen molar-refractivity contribution in [3.05, 3.63) is 46.3 Å². The molecule has 0 N–H and O–H groups in total. The summed E-state index contributed by atoms with van der Waals surface area (Å²) in [5.41, 5.74) is -0.285. The lowest BCUT2D eigenvalue weighted by Gasteiger charge is -2.19. The highest BCUT2D eigenvalue weighted by atomic mass is 16.5. The van der Waals surface area contributed by atoms with E-state index in [1.807, 2.05) is 0 Å². The second-order valence-electron chi connectivity index (χ2n) is 4.70. The molecule has 0 aliphatic carbocycles. The van der Waals surface area contributed by atoms with Crippen LogP contribution in [0.3, 0.4) is 0 Å².